The first-order chi connectivity index (χ1) is 5.62. The van der Waals surface area contributed by atoms with E-state index < -0.39 is 5.79 Å². The van der Waals surface area contributed by atoms with Gasteiger partial charge < -0.3 is 14.6 Å². The number of rotatable bonds is 1. The monoisotopic (exact) mass is 190 g/mol. The maximum atomic E-state index is 9.03. The molecule has 0 spiro atoms. The molecule has 0 aromatic carbocycles. The van der Waals surface area contributed by atoms with Gasteiger partial charge in [0.15, 0.2) is 5.79 Å². The highest BCUT2D eigenvalue weighted by Gasteiger charge is 2.49. The van der Waals surface area contributed by atoms with Gasteiger partial charge in [0.05, 0.1) is 18.0 Å². The fourth-order valence-electron chi connectivity index (χ4n) is 1.78. The highest BCUT2D eigenvalue weighted by molar-refractivity contribution is 8.00. The summed E-state index contributed by atoms with van der Waals surface area (Å²) in [6.45, 7) is 4.03. The van der Waals surface area contributed by atoms with Crippen LogP contribution in [0.3, 0.4) is 0 Å². The van der Waals surface area contributed by atoms with Crippen LogP contribution in [0.25, 0.3) is 0 Å². The van der Waals surface area contributed by atoms with Crippen LogP contribution in [0, 0.1) is 0 Å². The van der Waals surface area contributed by atoms with Crippen LogP contribution in [0.4, 0.5) is 0 Å². The van der Waals surface area contributed by atoms with Gasteiger partial charge in [0.1, 0.15) is 6.10 Å². The Morgan fingerprint density at radius 3 is 2.92 bits per heavy atom. The molecule has 2 heterocycles. The summed E-state index contributed by atoms with van der Waals surface area (Å²) in [5.74, 6) is 0.489. The van der Waals surface area contributed by atoms with Crippen LogP contribution in [0.5, 0.6) is 0 Å². The number of fused-ring (bicyclic) bond motifs is 1. The Balaban J connectivity index is 2.06. The van der Waals surface area contributed by atoms with Crippen molar-refractivity contribution in [1.82, 2.24) is 0 Å². The molecular formula is C8H14O3S. The highest BCUT2D eigenvalue weighted by atomic mass is 32.2. The van der Waals surface area contributed by atoms with E-state index in [1.807, 2.05) is 13.8 Å². The molecular weight excluding hydrogens is 176 g/mol. The third kappa shape index (κ3) is 1.37. The lowest BCUT2D eigenvalue weighted by atomic mass is 10.2. The number of hydrogen-bond acceptors (Lipinski definition) is 4. The maximum absolute atomic E-state index is 9.03. The van der Waals surface area contributed by atoms with Crippen LogP contribution in [0.2, 0.25) is 0 Å². The lowest BCUT2D eigenvalue weighted by Gasteiger charge is -2.20. The minimum absolute atomic E-state index is 0.0926. The molecule has 0 unspecified atom stereocenters. The van der Waals surface area contributed by atoms with E-state index in [9.17, 15) is 0 Å². The molecule has 4 heteroatoms. The van der Waals surface area contributed by atoms with Gasteiger partial charge in [-0.15, -0.1) is 0 Å². The summed E-state index contributed by atoms with van der Waals surface area (Å²) in [4.78, 5) is 0. The molecule has 0 radical (unpaired) electrons. The standard InChI is InChI=1S/C8H14O3S/c1-8(2)10-5-4-12-6(3-9)7(5)11-8/h5-7,9H,3-4H2,1-2H3/t5-,6+,7+/m0/s1. The van der Waals surface area contributed by atoms with Gasteiger partial charge >= 0.3 is 0 Å². The van der Waals surface area contributed by atoms with E-state index >= 15 is 0 Å². The van der Waals surface area contributed by atoms with Crippen molar-refractivity contribution < 1.29 is 14.6 Å². The Kier molecular flexibility index (Phi) is 2.11. The van der Waals surface area contributed by atoms with E-state index in [0.29, 0.717) is 0 Å². The summed E-state index contributed by atoms with van der Waals surface area (Å²) in [5, 5.41) is 9.23. The van der Waals surface area contributed by atoms with Crippen molar-refractivity contribution in [3.8, 4) is 0 Å². The summed E-state index contributed by atoms with van der Waals surface area (Å²) in [5.41, 5.74) is 0. The van der Waals surface area contributed by atoms with Gasteiger partial charge in [0.2, 0.25) is 0 Å². The van der Waals surface area contributed by atoms with Gasteiger partial charge in [-0.3, -0.25) is 0 Å². The quantitative estimate of drug-likeness (QED) is 0.657. The highest BCUT2D eigenvalue weighted by Crippen LogP contribution is 2.40. The predicted molar refractivity (Wildman–Crippen MR) is 47.2 cm³/mol. The first-order valence-electron chi connectivity index (χ1n) is 4.20. The molecule has 0 amide bonds. The summed E-state index contributed by atoms with van der Waals surface area (Å²) < 4.78 is 11.3. The van der Waals surface area contributed by atoms with Crippen LogP contribution >= 0.6 is 11.8 Å². The van der Waals surface area contributed by atoms with Gasteiger partial charge in [0, 0.05) is 5.75 Å². The van der Waals surface area contributed by atoms with E-state index in [1.165, 1.54) is 0 Å². The average molecular weight is 190 g/mol. The Labute approximate surface area is 76.4 Å². The lowest BCUT2D eigenvalue weighted by molar-refractivity contribution is -0.146. The van der Waals surface area contributed by atoms with Gasteiger partial charge in [0.25, 0.3) is 0 Å². The van der Waals surface area contributed by atoms with Crippen LogP contribution in [-0.2, 0) is 9.47 Å². The molecule has 0 aromatic rings. The summed E-state index contributed by atoms with van der Waals surface area (Å²) >= 11 is 1.74. The minimum Gasteiger partial charge on any atom is -0.395 e. The summed E-state index contributed by atoms with van der Waals surface area (Å²) in [6, 6.07) is 0. The average Bonchev–Trinajstić information content (AvgIpc) is 2.42. The molecule has 2 fully saturated rings. The second-order valence-electron chi connectivity index (χ2n) is 3.69. The zero-order chi connectivity index (χ0) is 8.77. The topological polar surface area (TPSA) is 38.7 Å². The Morgan fingerprint density at radius 2 is 2.25 bits per heavy atom. The second kappa shape index (κ2) is 2.87. The Morgan fingerprint density at radius 1 is 1.50 bits per heavy atom. The molecule has 3 atom stereocenters. The lowest BCUT2D eigenvalue weighted by Crippen LogP contribution is -2.29. The number of aliphatic hydroxyl groups excluding tert-OH is 1. The van der Waals surface area contributed by atoms with E-state index in [4.69, 9.17) is 14.6 Å². The summed E-state index contributed by atoms with van der Waals surface area (Å²) in [7, 11) is 0. The van der Waals surface area contributed by atoms with Gasteiger partial charge in [-0.05, 0) is 13.8 Å². The SMILES string of the molecule is CC1(C)O[C@@H]2[C@H](CS[C@@H]2CO)O1. The van der Waals surface area contributed by atoms with Gasteiger partial charge in [-0.2, -0.15) is 11.8 Å². The molecule has 3 nitrogen and oxygen atoms in total. The van der Waals surface area contributed by atoms with Crippen molar-refractivity contribution in [2.24, 2.45) is 0 Å². The van der Waals surface area contributed by atoms with Crippen molar-refractivity contribution in [3.05, 3.63) is 0 Å². The van der Waals surface area contributed by atoms with Crippen molar-refractivity contribution >= 4 is 11.8 Å². The van der Waals surface area contributed by atoms with E-state index in [0.717, 1.165) is 5.75 Å². The number of thioether (sulfide) groups is 1. The molecule has 2 aliphatic rings. The van der Waals surface area contributed by atoms with E-state index in [-0.39, 0.29) is 24.1 Å². The van der Waals surface area contributed by atoms with Crippen LogP contribution in [0.15, 0.2) is 0 Å². The summed E-state index contributed by atoms with van der Waals surface area (Å²) in [6.07, 6.45) is 0.275. The molecule has 1 N–H and O–H groups in total. The smallest absolute Gasteiger partial charge is 0.163 e. The van der Waals surface area contributed by atoms with Crippen molar-refractivity contribution in [2.45, 2.75) is 37.1 Å². The molecule has 2 saturated heterocycles. The molecule has 0 aromatic heterocycles. The first-order valence-corrected chi connectivity index (χ1v) is 5.25. The fraction of sp³-hybridized carbons (Fsp3) is 1.00. The Hall–Kier alpha value is 0.230. The zero-order valence-electron chi connectivity index (χ0n) is 7.32. The van der Waals surface area contributed by atoms with Crippen LogP contribution in [-0.4, -0.2) is 40.7 Å². The fourth-order valence-corrected chi connectivity index (χ4v) is 3.00. The van der Waals surface area contributed by atoms with Gasteiger partial charge in [-0.25, -0.2) is 0 Å². The van der Waals surface area contributed by atoms with Crippen molar-refractivity contribution in [2.75, 3.05) is 12.4 Å². The van der Waals surface area contributed by atoms with Crippen molar-refractivity contribution in [1.29, 1.82) is 0 Å². The Bertz CT molecular complexity index is 183. The molecule has 70 valence electrons. The maximum Gasteiger partial charge on any atom is 0.163 e. The largest absolute Gasteiger partial charge is 0.395 e. The molecule has 0 aliphatic carbocycles. The molecule has 2 aliphatic heterocycles. The second-order valence-corrected chi connectivity index (χ2v) is 4.97. The number of aliphatic hydroxyl groups is 1. The van der Waals surface area contributed by atoms with Crippen molar-refractivity contribution in [3.63, 3.8) is 0 Å². The zero-order valence-corrected chi connectivity index (χ0v) is 8.13. The predicted octanol–water partition coefficient (Wildman–Crippen LogP) is 0.614. The van der Waals surface area contributed by atoms with Crippen LogP contribution < -0.4 is 0 Å². The normalized spacial score (nSPS) is 44.8. The number of ether oxygens (including phenoxy) is 2. The molecule has 2 rings (SSSR count). The first kappa shape index (κ1) is 8.81. The van der Waals surface area contributed by atoms with Gasteiger partial charge in [-0.1, -0.05) is 0 Å². The molecule has 0 saturated carbocycles. The van der Waals surface area contributed by atoms with E-state index in [1.54, 1.807) is 11.8 Å². The molecule has 0 bridgehead atoms. The van der Waals surface area contributed by atoms with E-state index in [2.05, 4.69) is 0 Å². The number of hydrogen-bond donors (Lipinski definition) is 1. The third-order valence-corrected chi connectivity index (χ3v) is 3.61. The van der Waals surface area contributed by atoms with Crippen LogP contribution in [0.1, 0.15) is 13.8 Å². The minimum atomic E-state index is -0.455. The molecule has 12 heavy (non-hydrogen) atoms. The third-order valence-electron chi connectivity index (χ3n) is 2.24.